The molecule has 1 fully saturated rings. The van der Waals surface area contributed by atoms with Crippen LogP contribution in [0.1, 0.15) is 52.6 Å². The van der Waals surface area contributed by atoms with Crippen LogP contribution in [0.4, 0.5) is 0 Å². The normalized spacial score (nSPS) is 18.8. The molecule has 0 unspecified atom stereocenters. The van der Waals surface area contributed by atoms with Crippen LogP contribution in [0.3, 0.4) is 0 Å². The van der Waals surface area contributed by atoms with E-state index in [2.05, 4.69) is 47.7 Å². The van der Waals surface area contributed by atoms with E-state index in [1.54, 1.807) is 12.0 Å². The van der Waals surface area contributed by atoms with Crippen molar-refractivity contribution < 1.29 is 19.1 Å². The van der Waals surface area contributed by atoms with E-state index >= 15 is 0 Å². The zero-order valence-electron chi connectivity index (χ0n) is 23.6. The largest absolute Gasteiger partial charge is 0.496 e. The first-order valence-corrected chi connectivity index (χ1v) is 14.3. The highest BCUT2D eigenvalue weighted by molar-refractivity contribution is 9.10. The van der Waals surface area contributed by atoms with Crippen LogP contribution in [0.5, 0.6) is 5.75 Å². The van der Waals surface area contributed by atoms with E-state index in [1.807, 2.05) is 47.6 Å². The summed E-state index contributed by atoms with van der Waals surface area (Å²) in [7, 11) is 1.68. The number of rotatable bonds is 6. The van der Waals surface area contributed by atoms with Crippen LogP contribution in [-0.2, 0) is 22.6 Å². The van der Waals surface area contributed by atoms with Gasteiger partial charge >= 0.3 is 0 Å². The van der Waals surface area contributed by atoms with E-state index in [-0.39, 0.29) is 42.4 Å². The molecular formula is C31H35BrN4O4. The smallest absolute Gasteiger partial charge is 0.257 e. The van der Waals surface area contributed by atoms with Gasteiger partial charge in [-0.1, -0.05) is 34.6 Å². The molecule has 0 spiro atoms. The van der Waals surface area contributed by atoms with Crippen molar-refractivity contribution in [2.24, 2.45) is 0 Å². The number of likely N-dealkylation sites (tertiary alicyclic amines) is 1. The van der Waals surface area contributed by atoms with Crippen LogP contribution >= 0.6 is 15.9 Å². The summed E-state index contributed by atoms with van der Waals surface area (Å²) < 4.78 is 8.45. The van der Waals surface area contributed by atoms with Crippen molar-refractivity contribution in [2.45, 2.75) is 58.8 Å². The Labute approximate surface area is 243 Å². The first-order chi connectivity index (χ1) is 19.0. The lowest BCUT2D eigenvalue weighted by Crippen LogP contribution is -2.61. The number of methoxy groups -OCH3 is 1. The van der Waals surface area contributed by atoms with Crippen molar-refractivity contribution >= 4 is 44.6 Å². The summed E-state index contributed by atoms with van der Waals surface area (Å²) in [5.41, 5.74) is 5.45. The molecular weight excluding hydrogens is 572 g/mol. The van der Waals surface area contributed by atoms with Gasteiger partial charge in [-0.25, -0.2) is 0 Å². The van der Waals surface area contributed by atoms with Gasteiger partial charge in [-0.2, -0.15) is 0 Å². The highest BCUT2D eigenvalue weighted by Crippen LogP contribution is 2.40. The molecule has 1 saturated heterocycles. The Morgan fingerprint density at radius 3 is 2.58 bits per heavy atom. The van der Waals surface area contributed by atoms with Crippen molar-refractivity contribution in [3.8, 4) is 5.75 Å². The van der Waals surface area contributed by atoms with Gasteiger partial charge in [0.25, 0.3) is 5.91 Å². The summed E-state index contributed by atoms with van der Waals surface area (Å²) in [6.07, 6.45) is 1.98. The second-order valence-electron chi connectivity index (χ2n) is 10.8. The van der Waals surface area contributed by atoms with Crippen LogP contribution in [0.2, 0.25) is 0 Å². The van der Waals surface area contributed by atoms with Gasteiger partial charge in [0.15, 0.2) is 0 Å². The molecule has 2 aliphatic rings. The molecule has 3 aromatic rings. The number of hydrogen-bond donors (Lipinski definition) is 1. The molecule has 2 atom stereocenters. The third kappa shape index (κ3) is 4.70. The Morgan fingerprint density at radius 2 is 1.90 bits per heavy atom. The summed E-state index contributed by atoms with van der Waals surface area (Å²) in [5, 5.41) is 3.85. The Hall–Kier alpha value is -3.59. The van der Waals surface area contributed by atoms with Crippen molar-refractivity contribution in [1.82, 2.24) is 19.7 Å². The maximum atomic E-state index is 14.4. The SMILES string of the molecule is C=CC(=O)N1CC(NC(=O)Cn2c(C)c(C(=O)N3[C@H](C)c4cccc(OC)c4C[C@@H]3C)c3cc(Br)cc(C)c32)C1. The van der Waals surface area contributed by atoms with Gasteiger partial charge in [-0.05, 0) is 69.5 Å². The van der Waals surface area contributed by atoms with Gasteiger partial charge in [-0.3, -0.25) is 14.4 Å². The first kappa shape index (κ1) is 28.0. The fourth-order valence-corrected chi connectivity index (χ4v) is 6.93. The van der Waals surface area contributed by atoms with Crippen LogP contribution in [0, 0.1) is 13.8 Å². The van der Waals surface area contributed by atoms with E-state index in [0.717, 1.165) is 43.5 Å². The number of aromatic nitrogens is 1. The maximum Gasteiger partial charge on any atom is 0.257 e. The summed E-state index contributed by atoms with van der Waals surface area (Å²) >= 11 is 3.61. The summed E-state index contributed by atoms with van der Waals surface area (Å²) in [5.74, 6) is 0.511. The summed E-state index contributed by atoms with van der Waals surface area (Å²) in [6.45, 7) is 12.6. The number of halogens is 1. The second-order valence-corrected chi connectivity index (χ2v) is 11.8. The third-order valence-electron chi connectivity index (χ3n) is 8.29. The Morgan fingerprint density at radius 1 is 1.18 bits per heavy atom. The van der Waals surface area contributed by atoms with Gasteiger partial charge < -0.3 is 24.4 Å². The number of amides is 3. The van der Waals surface area contributed by atoms with Gasteiger partial charge in [-0.15, -0.1) is 0 Å². The third-order valence-corrected chi connectivity index (χ3v) is 8.74. The van der Waals surface area contributed by atoms with Crippen molar-refractivity contribution in [1.29, 1.82) is 0 Å². The minimum Gasteiger partial charge on any atom is -0.496 e. The van der Waals surface area contributed by atoms with E-state index in [0.29, 0.717) is 25.1 Å². The van der Waals surface area contributed by atoms with Gasteiger partial charge in [0.1, 0.15) is 12.3 Å². The molecule has 9 heteroatoms. The molecule has 2 aromatic carbocycles. The molecule has 3 heterocycles. The molecule has 210 valence electrons. The Balaban J connectivity index is 1.49. The molecule has 8 nitrogen and oxygen atoms in total. The average Bonchev–Trinajstić information content (AvgIpc) is 3.15. The molecule has 1 aromatic heterocycles. The number of carbonyl (C=O) groups excluding carboxylic acids is 3. The number of fused-ring (bicyclic) bond motifs is 2. The fourth-order valence-electron chi connectivity index (χ4n) is 6.36. The van der Waals surface area contributed by atoms with E-state index in [9.17, 15) is 14.4 Å². The first-order valence-electron chi connectivity index (χ1n) is 13.5. The predicted molar refractivity (Wildman–Crippen MR) is 159 cm³/mol. The number of ether oxygens (including phenoxy) is 1. The molecule has 0 bridgehead atoms. The highest BCUT2D eigenvalue weighted by Gasteiger charge is 2.37. The quantitative estimate of drug-likeness (QED) is 0.413. The molecule has 1 N–H and O–H groups in total. The fraction of sp³-hybridized carbons (Fsp3) is 0.387. The minimum atomic E-state index is -0.155. The number of carbonyl (C=O) groups is 3. The predicted octanol–water partition coefficient (Wildman–Crippen LogP) is 4.69. The Kier molecular flexibility index (Phi) is 7.52. The van der Waals surface area contributed by atoms with Crippen molar-refractivity contribution in [2.75, 3.05) is 20.2 Å². The van der Waals surface area contributed by atoms with Crippen LogP contribution in [0.25, 0.3) is 10.9 Å². The average molecular weight is 608 g/mol. The number of nitrogens with one attached hydrogen (secondary N) is 1. The number of nitrogens with zero attached hydrogens (tertiary/aromatic N) is 3. The number of hydrogen-bond acceptors (Lipinski definition) is 4. The molecule has 5 rings (SSSR count). The lowest BCUT2D eigenvalue weighted by Gasteiger charge is -2.41. The topological polar surface area (TPSA) is 83.9 Å². The zero-order chi connectivity index (χ0) is 28.9. The minimum absolute atomic E-state index is 0.0412. The molecule has 0 aliphatic carbocycles. The van der Waals surface area contributed by atoms with Crippen molar-refractivity contribution in [3.63, 3.8) is 0 Å². The van der Waals surface area contributed by atoms with Gasteiger partial charge in [0, 0.05) is 40.2 Å². The number of aryl methyl sites for hydroxylation is 1. The molecule has 3 amide bonds. The maximum absolute atomic E-state index is 14.4. The van der Waals surface area contributed by atoms with Crippen LogP contribution < -0.4 is 10.1 Å². The van der Waals surface area contributed by atoms with Crippen LogP contribution in [0.15, 0.2) is 47.5 Å². The standard InChI is InChI=1S/C31H35BrN4O4/c1-7-28(38)34-14-22(15-34)33-27(37)16-35-20(5)29(25-13-21(32)11-17(2)30(25)35)31(39)36-18(3)12-24-23(19(36)4)9-8-10-26(24)40-6/h7-11,13,18-19,22H,1,12,14-16H2,2-6H3,(H,33,37)/t18-,19+/m0/s1. The van der Waals surface area contributed by atoms with Crippen molar-refractivity contribution in [3.05, 3.63) is 75.4 Å². The lowest BCUT2D eigenvalue weighted by atomic mass is 9.88. The molecule has 0 radical (unpaired) electrons. The van der Waals surface area contributed by atoms with Crippen LogP contribution in [-0.4, -0.2) is 64.4 Å². The van der Waals surface area contributed by atoms with E-state index in [1.165, 1.54) is 6.08 Å². The Bertz CT molecular complexity index is 1540. The van der Waals surface area contributed by atoms with E-state index < -0.39 is 0 Å². The molecule has 2 aliphatic heterocycles. The monoisotopic (exact) mass is 606 g/mol. The number of benzene rings is 2. The summed E-state index contributed by atoms with van der Waals surface area (Å²) in [6, 6.07) is 9.70. The second kappa shape index (κ2) is 10.8. The van der Waals surface area contributed by atoms with Gasteiger partial charge in [0.2, 0.25) is 11.8 Å². The lowest BCUT2D eigenvalue weighted by molar-refractivity contribution is -0.133. The van der Waals surface area contributed by atoms with E-state index in [4.69, 9.17) is 4.74 Å². The zero-order valence-corrected chi connectivity index (χ0v) is 25.2. The molecule has 40 heavy (non-hydrogen) atoms. The van der Waals surface area contributed by atoms with Gasteiger partial charge in [0.05, 0.1) is 30.3 Å². The molecule has 0 saturated carbocycles. The highest BCUT2D eigenvalue weighted by atomic mass is 79.9. The summed E-state index contributed by atoms with van der Waals surface area (Å²) in [4.78, 5) is 42.9.